The van der Waals surface area contributed by atoms with Crippen molar-refractivity contribution in [1.29, 1.82) is 0 Å². The van der Waals surface area contributed by atoms with Gasteiger partial charge in [0, 0.05) is 16.7 Å². The van der Waals surface area contributed by atoms with E-state index < -0.39 is 10.7 Å². The molecular formula is C12H7Br2FN2O3. The maximum Gasteiger partial charge on any atom is 0.272 e. The monoisotopic (exact) mass is 404 g/mol. The first-order valence-electron chi connectivity index (χ1n) is 5.36. The molecule has 0 radical (unpaired) electrons. The van der Waals surface area contributed by atoms with Gasteiger partial charge in [-0.3, -0.25) is 14.9 Å². The highest BCUT2D eigenvalue weighted by Gasteiger charge is 2.11. The van der Waals surface area contributed by atoms with Crippen LogP contribution in [0, 0.1) is 15.9 Å². The van der Waals surface area contributed by atoms with Gasteiger partial charge in [0.1, 0.15) is 5.82 Å². The van der Waals surface area contributed by atoms with E-state index in [2.05, 4.69) is 31.9 Å². The quantitative estimate of drug-likeness (QED) is 0.580. The zero-order chi connectivity index (χ0) is 14.9. The van der Waals surface area contributed by atoms with Gasteiger partial charge in [0.05, 0.1) is 22.0 Å². The largest absolute Gasteiger partial charge is 0.309 e. The van der Waals surface area contributed by atoms with Crippen molar-refractivity contribution in [3.8, 4) is 0 Å². The maximum absolute atomic E-state index is 13.3. The molecule has 0 spiro atoms. The van der Waals surface area contributed by atoms with Crippen LogP contribution in [0.3, 0.4) is 0 Å². The molecule has 0 bridgehead atoms. The molecule has 1 aromatic carbocycles. The summed E-state index contributed by atoms with van der Waals surface area (Å²) < 4.78 is 15.7. The van der Waals surface area contributed by atoms with Crippen molar-refractivity contribution in [1.82, 2.24) is 4.57 Å². The number of rotatable bonds is 3. The van der Waals surface area contributed by atoms with Crippen molar-refractivity contribution >= 4 is 37.5 Å². The van der Waals surface area contributed by atoms with Gasteiger partial charge in [0.2, 0.25) is 0 Å². The van der Waals surface area contributed by atoms with E-state index in [4.69, 9.17) is 0 Å². The number of nitrogens with zero attached hydrogens (tertiary/aromatic N) is 2. The molecule has 2 rings (SSSR count). The fraction of sp³-hybridized carbons (Fsp3) is 0.0833. The zero-order valence-corrected chi connectivity index (χ0v) is 13.0. The minimum Gasteiger partial charge on any atom is -0.309 e. The second-order valence-electron chi connectivity index (χ2n) is 4.01. The number of halogens is 3. The SMILES string of the molecule is O=c1c(Br)cc(Br)cn1Cc1cc(F)cc([N+](=O)[O-])c1. The van der Waals surface area contributed by atoms with Gasteiger partial charge in [-0.15, -0.1) is 0 Å². The van der Waals surface area contributed by atoms with E-state index in [0.717, 1.165) is 12.1 Å². The molecule has 0 saturated carbocycles. The number of nitro groups is 1. The Morgan fingerprint density at radius 3 is 2.60 bits per heavy atom. The Kier molecular flexibility index (Phi) is 4.34. The zero-order valence-electron chi connectivity index (χ0n) is 9.85. The van der Waals surface area contributed by atoms with Crippen LogP contribution < -0.4 is 5.56 Å². The van der Waals surface area contributed by atoms with Gasteiger partial charge in [-0.1, -0.05) is 0 Å². The lowest BCUT2D eigenvalue weighted by atomic mass is 10.2. The normalized spacial score (nSPS) is 10.6. The molecule has 0 N–H and O–H groups in total. The van der Waals surface area contributed by atoms with Crippen LogP contribution in [0.2, 0.25) is 0 Å². The summed E-state index contributed by atoms with van der Waals surface area (Å²) in [6.07, 6.45) is 1.53. The van der Waals surface area contributed by atoms with Crippen LogP contribution in [0.25, 0.3) is 0 Å². The number of hydrogen-bond acceptors (Lipinski definition) is 3. The molecular weight excluding hydrogens is 399 g/mol. The Morgan fingerprint density at radius 1 is 1.25 bits per heavy atom. The standard InChI is InChI=1S/C12H7Br2FN2O3/c13-8-3-11(14)12(18)16(6-8)5-7-1-9(15)4-10(2-7)17(19)20/h1-4,6H,5H2. The van der Waals surface area contributed by atoms with E-state index in [-0.39, 0.29) is 17.8 Å². The molecule has 0 fully saturated rings. The highest BCUT2D eigenvalue weighted by Crippen LogP contribution is 2.18. The van der Waals surface area contributed by atoms with Crippen LogP contribution in [-0.4, -0.2) is 9.49 Å². The van der Waals surface area contributed by atoms with Crippen LogP contribution >= 0.6 is 31.9 Å². The number of nitro benzene ring substituents is 1. The fourth-order valence-corrected chi connectivity index (χ4v) is 2.97. The molecule has 0 atom stereocenters. The van der Waals surface area contributed by atoms with Crippen LogP contribution in [-0.2, 0) is 6.54 Å². The van der Waals surface area contributed by atoms with Crippen LogP contribution in [0.4, 0.5) is 10.1 Å². The smallest absolute Gasteiger partial charge is 0.272 e. The summed E-state index contributed by atoms with van der Waals surface area (Å²) in [6, 6.07) is 4.83. The topological polar surface area (TPSA) is 65.1 Å². The fourth-order valence-electron chi connectivity index (χ4n) is 1.71. The molecule has 0 unspecified atom stereocenters. The molecule has 0 aliphatic carbocycles. The van der Waals surface area contributed by atoms with Crippen molar-refractivity contribution in [2.24, 2.45) is 0 Å². The van der Waals surface area contributed by atoms with E-state index in [1.54, 1.807) is 6.07 Å². The lowest BCUT2D eigenvalue weighted by molar-refractivity contribution is -0.385. The average Bonchev–Trinajstić information content (AvgIpc) is 2.34. The minimum absolute atomic E-state index is 0.0372. The molecule has 2 aromatic rings. The summed E-state index contributed by atoms with van der Waals surface area (Å²) in [5.74, 6) is -0.712. The Hall–Kier alpha value is -1.54. The molecule has 5 nitrogen and oxygen atoms in total. The van der Waals surface area contributed by atoms with Gasteiger partial charge in [-0.2, -0.15) is 0 Å². The average molecular weight is 406 g/mol. The van der Waals surface area contributed by atoms with Crippen LogP contribution in [0.15, 0.2) is 44.2 Å². The Morgan fingerprint density at radius 2 is 1.95 bits per heavy atom. The van der Waals surface area contributed by atoms with E-state index in [9.17, 15) is 19.3 Å². The second-order valence-corrected chi connectivity index (χ2v) is 5.78. The summed E-state index contributed by atoms with van der Waals surface area (Å²) in [5.41, 5.74) is -0.314. The summed E-state index contributed by atoms with van der Waals surface area (Å²) in [5, 5.41) is 10.7. The minimum atomic E-state index is -0.712. The van der Waals surface area contributed by atoms with Crippen molar-refractivity contribution < 1.29 is 9.31 Å². The highest BCUT2D eigenvalue weighted by atomic mass is 79.9. The van der Waals surface area contributed by atoms with Gasteiger partial charge >= 0.3 is 0 Å². The molecule has 8 heteroatoms. The van der Waals surface area contributed by atoms with Gasteiger partial charge in [-0.05, 0) is 49.6 Å². The molecule has 1 aromatic heterocycles. The number of pyridine rings is 1. The molecule has 0 aliphatic rings. The van der Waals surface area contributed by atoms with Crippen molar-refractivity contribution in [2.75, 3.05) is 0 Å². The summed E-state index contributed by atoms with van der Waals surface area (Å²) in [7, 11) is 0. The van der Waals surface area contributed by atoms with Crippen LogP contribution in [0.1, 0.15) is 5.56 Å². The number of hydrogen-bond donors (Lipinski definition) is 0. The molecule has 20 heavy (non-hydrogen) atoms. The predicted molar refractivity (Wildman–Crippen MR) is 78.3 cm³/mol. The third kappa shape index (κ3) is 3.31. The molecule has 0 amide bonds. The van der Waals surface area contributed by atoms with Crippen LogP contribution in [0.5, 0.6) is 0 Å². The van der Waals surface area contributed by atoms with Crippen molar-refractivity contribution in [3.05, 3.63) is 71.3 Å². The van der Waals surface area contributed by atoms with Gasteiger partial charge in [0.25, 0.3) is 11.2 Å². The molecule has 1 heterocycles. The van der Waals surface area contributed by atoms with E-state index in [1.807, 2.05) is 0 Å². The first-order valence-corrected chi connectivity index (χ1v) is 6.95. The predicted octanol–water partition coefficient (Wildman–Crippen LogP) is 3.47. The Balaban J connectivity index is 2.45. The third-order valence-corrected chi connectivity index (χ3v) is 3.52. The highest BCUT2D eigenvalue weighted by molar-refractivity contribution is 9.11. The third-order valence-electron chi connectivity index (χ3n) is 2.52. The van der Waals surface area contributed by atoms with Gasteiger partial charge in [0.15, 0.2) is 0 Å². The van der Waals surface area contributed by atoms with E-state index in [0.29, 0.717) is 14.5 Å². The summed E-state index contributed by atoms with van der Waals surface area (Å²) >= 11 is 6.36. The number of benzene rings is 1. The molecule has 0 aliphatic heterocycles. The van der Waals surface area contributed by atoms with Gasteiger partial charge in [-0.25, -0.2) is 4.39 Å². The molecule has 104 valence electrons. The van der Waals surface area contributed by atoms with Gasteiger partial charge < -0.3 is 4.57 Å². The summed E-state index contributed by atoms with van der Waals surface area (Å²) in [6.45, 7) is 0.0372. The number of aromatic nitrogens is 1. The first-order chi connectivity index (χ1) is 9.36. The lowest BCUT2D eigenvalue weighted by Crippen LogP contribution is -2.20. The van der Waals surface area contributed by atoms with E-state index >= 15 is 0 Å². The van der Waals surface area contributed by atoms with Crippen molar-refractivity contribution in [3.63, 3.8) is 0 Å². The Labute approximate surface area is 129 Å². The van der Waals surface area contributed by atoms with Crippen molar-refractivity contribution in [2.45, 2.75) is 6.54 Å². The molecule has 0 saturated heterocycles. The maximum atomic E-state index is 13.3. The number of non-ortho nitro benzene ring substituents is 1. The lowest BCUT2D eigenvalue weighted by Gasteiger charge is -2.07. The Bertz CT molecular complexity index is 746. The van der Waals surface area contributed by atoms with E-state index in [1.165, 1.54) is 16.8 Å². The first kappa shape index (κ1) is 14.9. The summed E-state index contributed by atoms with van der Waals surface area (Å²) in [4.78, 5) is 21.9. The second kappa shape index (κ2) is 5.84.